The fraction of sp³-hybridized carbons (Fsp3) is 0.880. The second-order valence-corrected chi connectivity index (χ2v) is 11.0. The highest BCUT2D eigenvalue weighted by atomic mass is 28.4. The Kier molecular flexibility index (Phi) is 19.9. The van der Waals surface area contributed by atoms with Crippen LogP contribution in [0.5, 0.6) is 0 Å². The van der Waals surface area contributed by atoms with Crippen molar-refractivity contribution in [2.24, 2.45) is 0 Å². The van der Waals surface area contributed by atoms with Crippen LogP contribution in [0.15, 0.2) is 12.2 Å². The average Bonchev–Trinajstić information content (AvgIpc) is 2.77. The molecule has 8 nitrogen and oxygen atoms in total. The van der Waals surface area contributed by atoms with Crippen molar-refractivity contribution in [3.05, 3.63) is 12.2 Å². The van der Waals surface area contributed by atoms with E-state index in [1.165, 1.54) is 0 Å². The van der Waals surface area contributed by atoms with Crippen molar-refractivity contribution in [3.8, 4) is 0 Å². The van der Waals surface area contributed by atoms with Crippen LogP contribution in [0.4, 0.5) is 0 Å². The van der Waals surface area contributed by atoms with Gasteiger partial charge in [0.25, 0.3) is 0 Å². The number of unbranched alkanes of at least 4 members (excludes halogenated alkanes) is 3. The molecule has 3 unspecified atom stereocenters. The van der Waals surface area contributed by atoms with Gasteiger partial charge in [0.15, 0.2) is 0 Å². The van der Waals surface area contributed by atoms with Crippen molar-refractivity contribution in [1.82, 2.24) is 0 Å². The van der Waals surface area contributed by atoms with Crippen LogP contribution in [-0.2, 0) is 37.0 Å². The number of rotatable bonds is 23. The SMILES string of the molecule is C=C(C)C(=O)OCCC[Si](OC(C)OCCCC)(OC(C)OCCCC)OC(C)OCCCC. The van der Waals surface area contributed by atoms with Crippen molar-refractivity contribution >= 4 is 14.8 Å². The fourth-order valence-electron chi connectivity index (χ4n) is 2.88. The predicted octanol–water partition coefficient (Wildman–Crippen LogP) is 5.97. The van der Waals surface area contributed by atoms with E-state index in [0.29, 0.717) is 37.9 Å². The van der Waals surface area contributed by atoms with Gasteiger partial charge in [0.1, 0.15) is 18.9 Å². The van der Waals surface area contributed by atoms with Crippen molar-refractivity contribution in [2.75, 3.05) is 26.4 Å². The lowest BCUT2D eigenvalue weighted by Crippen LogP contribution is -2.53. The zero-order valence-electron chi connectivity index (χ0n) is 22.7. The van der Waals surface area contributed by atoms with Gasteiger partial charge in [0.05, 0.1) is 6.61 Å². The van der Waals surface area contributed by atoms with Gasteiger partial charge in [0, 0.05) is 31.4 Å². The first kappa shape index (κ1) is 33.2. The van der Waals surface area contributed by atoms with Gasteiger partial charge in [-0.3, -0.25) is 0 Å². The summed E-state index contributed by atoms with van der Waals surface area (Å²) in [6, 6.07) is 0.418. The maximum Gasteiger partial charge on any atom is 0.506 e. The molecule has 0 aromatic carbocycles. The minimum Gasteiger partial charge on any atom is -0.462 e. The molecule has 0 aliphatic rings. The molecule has 202 valence electrons. The van der Waals surface area contributed by atoms with E-state index in [-0.39, 0.29) is 6.61 Å². The van der Waals surface area contributed by atoms with Gasteiger partial charge in [0.2, 0.25) is 0 Å². The topological polar surface area (TPSA) is 81.7 Å². The summed E-state index contributed by atoms with van der Waals surface area (Å²) in [4.78, 5) is 11.8. The minimum atomic E-state index is -3.35. The lowest BCUT2D eigenvalue weighted by atomic mass is 10.4. The van der Waals surface area contributed by atoms with Crippen LogP contribution in [0.2, 0.25) is 6.04 Å². The molecular weight excluding hydrogens is 456 g/mol. The molecular formula is C25H50O8Si. The summed E-state index contributed by atoms with van der Waals surface area (Å²) < 4.78 is 41.9. The molecule has 9 heteroatoms. The highest BCUT2D eigenvalue weighted by molar-refractivity contribution is 6.60. The van der Waals surface area contributed by atoms with Crippen LogP contribution in [0, 0.1) is 0 Å². The Morgan fingerprint density at radius 1 is 0.706 bits per heavy atom. The van der Waals surface area contributed by atoms with E-state index < -0.39 is 33.6 Å². The molecule has 0 amide bonds. The quantitative estimate of drug-likeness (QED) is 0.0551. The first-order valence-corrected chi connectivity index (χ1v) is 14.8. The number of hydrogen-bond acceptors (Lipinski definition) is 8. The van der Waals surface area contributed by atoms with E-state index in [4.69, 9.17) is 32.2 Å². The second-order valence-electron chi connectivity index (χ2n) is 8.43. The molecule has 0 bridgehead atoms. The van der Waals surface area contributed by atoms with Gasteiger partial charge in [-0.1, -0.05) is 46.6 Å². The summed E-state index contributed by atoms with van der Waals surface area (Å²) in [5.41, 5.74) is 0.362. The smallest absolute Gasteiger partial charge is 0.462 e. The highest BCUT2D eigenvalue weighted by Gasteiger charge is 2.46. The third-order valence-corrected chi connectivity index (χ3v) is 7.84. The van der Waals surface area contributed by atoms with Crippen molar-refractivity contribution < 1.29 is 37.0 Å². The Balaban J connectivity index is 5.46. The Labute approximate surface area is 209 Å². The molecule has 0 heterocycles. The first-order valence-electron chi connectivity index (χ1n) is 12.9. The van der Waals surface area contributed by atoms with Crippen LogP contribution < -0.4 is 0 Å². The summed E-state index contributed by atoms with van der Waals surface area (Å²) in [5.74, 6) is -0.418. The largest absolute Gasteiger partial charge is 0.506 e. The van der Waals surface area contributed by atoms with E-state index >= 15 is 0 Å². The summed E-state index contributed by atoms with van der Waals surface area (Å²) in [6.45, 7) is 19.1. The lowest BCUT2D eigenvalue weighted by Gasteiger charge is -2.36. The maximum absolute atomic E-state index is 11.8. The molecule has 34 heavy (non-hydrogen) atoms. The predicted molar refractivity (Wildman–Crippen MR) is 135 cm³/mol. The van der Waals surface area contributed by atoms with Crippen LogP contribution in [0.25, 0.3) is 0 Å². The van der Waals surface area contributed by atoms with Crippen molar-refractivity contribution in [3.63, 3.8) is 0 Å². The summed E-state index contributed by atoms with van der Waals surface area (Å²) in [6.07, 6.45) is 4.82. The molecule has 0 N–H and O–H groups in total. The standard InChI is InChI=1S/C25H50O8Si/c1-9-12-16-27-22(6)31-34(32-23(7)28-17-13-10-2,33-24(8)29-18-14-11-3)20-15-19-30-25(26)21(4)5/h22-24H,4,9-20H2,1-3,5-8H3. The fourth-order valence-corrected chi connectivity index (χ4v) is 5.70. The first-order chi connectivity index (χ1) is 16.2. The van der Waals surface area contributed by atoms with Gasteiger partial charge in [-0.05, 0) is 53.4 Å². The zero-order chi connectivity index (χ0) is 25.8. The lowest BCUT2D eigenvalue weighted by molar-refractivity contribution is -0.179. The summed E-state index contributed by atoms with van der Waals surface area (Å²) in [7, 11) is -3.35. The third kappa shape index (κ3) is 16.8. The molecule has 0 aliphatic carbocycles. The van der Waals surface area contributed by atoms with Gasteiger partial charge in [-0.25, -0.2) is 4.79 Å². The molecule has 0 radical (unpaired) electrons. The average molecular weight is 507 g/mol. The van der Waals surface area contributed by atoms with Gasteiger partial charge >= 0.3 is 14.8 Å². The molecule has 0 fully saturated rings. The second kappa shape index (κ2) is 20.4. The van der Waals surface area contributed by atoms with E-state index in [0.717, 1.165) is 38.5 Å². The maximum atomic E-state index is 11.8. The number of ether oxygens (including phenoxy) is 4. The van der Waals surface area contributed by atoms with E-state index in [1.807, 2.05) is 20.8 Å². The van der Waals surface area contributed by atoms with Gasteiger partial charge in [-0.2, -0.15) is 0 Å². The van der Waals surface area contributed by atoms with Crippen molar-refractivity contribution in [1.29, 1.82) is 0 Å². The number of esters is 1. The molecule has 0 spiro atoms. The monoisotopic (exact) mass is 506 g/mol. The molecule has 0 aromatic rings. The van der Waals surface area contributed by atoms with Crippen LogP contribution in [0.1, 0.15) is 93.4 Å². The minimum absolute atomic E-state index is 0.206. The molecule has 0 saturated carbocycles. The van der Waals surface area contributed by atoms with Crippen molar-refractivity contribution in [2.45, 2.75) is 118 Å². The molecule has 0 aliphatic heterocycles. The number of carbonyl (C=O) groups excluding carboxylic acids is 1. The highest BCUT2D eigenvalue weighted by Crippen LogP contribution is 2.25. The van der Waals surface area contributed by atoms with Crippen LogP contribution >= 0.6 is 0 Å². The summed E-state index contributed by atoms with van der Waals surface area (Å²) in [5, 5.41) is 0. The normalized spacial score (nSPS) is 16.0. The molecule has 0 saturated heterocycles. The molecule has 0 aromatic heterocycles. The Bertz CT molecular complexity index is 485. The number of carbonyl (C=O) groups is 1. The summed E-state index contributed by atoms with van der Waals surface area (Å²) >= 11 is 0. The Morgan fingerprint density at radius 3 is 1.41 bits per heavy atom. The van der Waals surface area contributed by atoms with E-state index in [1.54, 1.807) is 6.92 Å². The zero-order valence-corrected chi connectivity index (χ0v) is 23.7. The number of hydrogen-bond donors (Lipinski definition) is 0. The van der Waals surface area contributed by atoms with Crippen LogP contribution in [-0.4, -0.2) is 60.1 Å². The molecule has 3 atom stereocenters. The van der Waals surface area contributed by atoms with Crippen LogP contribution in [0.3, 0.4) is 0 Å². The Hall–Kier alpha value is -0.813. The van der Waals surface area contributed by atoms with E-state index in [9.17, 15) is 4.79 Å². The van der Waals surface area contributed by atoms with E-state index in [2.05, 4.69) is 27.4 Å². The molecule has 0 rings (SSSR count). The third-order valence-electron chi connectivity index (χ3n) is 4.80. The Morgan fingerprint density at radius 2 is 1.09 bits per heavy atom. The van der Waals surface area contributed by atoms with Gasteiger partial charge in [-0.15, -0.1) is 0 Å². The van der Waals surface area contributed by atoms with Gasteiger partial charge < -0.3 is 32.2 Å².